The molecule has 0 aromatic heterocycles. The fraction of sp³-hybridized carbons (Fsp3) is 0.735. The molecule has 1 amide bonds. The number of likely N-dealkylation sites (tertiary alicyclic amines) is 1. The van der Waals surface area contributed by atoms with Gasteiger partial charge in [-0.25, -0.2) is 0 Å². The highest BCUT2D eigenvalue weighted by molar-refractivity contribution is 5.98. The zero-order chi connectivity index (χ0) is 30.2. The minimum atomic E-state index is -0.350. The highest BCUT2D eigenvalue weighted by atomic mass is 16.6. The van der Waals surface area contributed by atoms with Gasteiger partial charge in [0.1, 0.15) is 6.29 Å². The summed E-state index contributed by atoms with van der Waals surface area (Å²) < 4.78 is 11.3. The molecule has 0 radical (unpaired) electrons. The minimum Gasteiger partial charge on any atom is -0.376 e. The van der Waals surface area contributed by atoms with Crippen molar-refractivity contribution in [2.24, 2.45) is 11.8 Å². The first-order chi connectivity index (χ1) is 20.2. The first kappa shape index (κ1) is 32.8. The molecule has 2 heterocycles. The quantitative estimate of drug-likeness (QED) is 0.292. The summed E-state index contributed by atoms with van der Waals surface area (Å²) in [6, 6.07) is 7.69. The van der Waals surface area contributed by atoms with Gasteiger partial charge < -0.3 is 29.8 Å². The number of likely N-dealkylation sites (N-methyl/N-ethyl adjacent to an activating group) is 1. The van der Waals surface area contributed by atoms with Crippen molar-refractivity contribution in [1.29, 1.82) is 0 Å². The summed E-state index contributed by atoms with van der Waals surface area (Å²) in [6.07, 6.45) is 12.0. The van der Waals surface area contributed by atoms with Gasteiger partial charge in [-0.2, -0.15) is 0 Å². The first-order valence-electron chi connectivity index (χ1n) is 16.2. The van der Waals surface area contributed by atoms with Gasteiger partial charge in [0.15, 0.2) is 5.78 Å². The number of nitrogens with one attached hydrogen (secondary N) is 2. The lowest BCUT2D eigenvalue weighted by Gasteiger charge is -2.31. The highest BCUT2D eigenvalue weighted by Gasteiger charge is 2.55. The third-order valence-corrected chi connectivity index (χ3v) is 9.96. The molecule has 0 spiro atoms. The van der Waals surface area contributed by atoms with Crippen LogP contribution in [-0.2, 0) is 19.1 Å². The van der Waals surface area contributed by atoms with E-state index in [1.807, 2.05) is 32.0 Å². The van der Waals surface area contributed by atoms with Gasteiger partial charge >= 0.3 is 0 Å². The smallest absolute Gasteiger partial charge is 0.251 e. The third kappa shape index (κ3) is 8.28. The molecule has 4 unspecified atom stereocenters. The van der Waals surface area contributed by atoms with Crippen LogP contribution in [0.3, 0.4) is 0 Å². The van der Waals surface area contributed by atoms with Crippen molar-refractivity contribution in [2.75, 3.05) is 46.9 Å². The number of carbonyl (C=O) groups is 3. The lowest BCUT2D eigenvalue weighted by Crippen LogP contribution is -2.48. The summed E-state index contributed by atoms with van der Waals surface area (Å²) in [7, 11) is 3.92. The summed E-state index contributed by atoms with van der Waals surface area (Å²) >= 11 is 0. The number of fused-ring (bicyclic) bond motifs is 2. The predicted octanol–water partition coefficient (Wildman–Crippen LogP) is 4.51. The van der Waals surface area contributed by atoms with Crippen LogP contribution in [0, 0.1) is 11.8 Å². The lowest BCUT2D eigenvalue weighted by atomic mass is 9.80. The number of amides is 1. The molecule has 2 N–H and O–H groups in total. The Kier molecular flexibility index (Phi) is 11.7. The monoisotopic (exact) mass is 583 g/mol. The topological polar surface area (TPSA) is 97.0 Å². The predicted molar refractivity (Wildman–Crippen MR) is 165 cm³/mol. The maximum Gasteiger partial charge on any atom is 0.251 e. The van der Waals surface area contributed by atoms with E-state index in [4.69, 9.17) is 9.47 Å². The second-order valence-corrected chi connectivity index (χ2v) is 13.5. The van der Waals surface area contributed by atoms with Gasteiger partial charge in [0.25, 0.3) is 5.91 Å². The summed E-state index contributed by atoms with van der Waals surface area (Å²) in [4.78, 5) is 38.4. The van der Waals surface area contributed by atoms with E-state index in [0.29, 0.717) is 24.6 Å². The number of ether oxygens (including phenoxy) is 2. The number of hydrogen-bond donors (Lipinski definition) is 2. The number of carbonyl (C=O) groups excluding carboxylic acids is 3. The summed E-state index contributed by atoms with van der Waals surface area (Å²) in [6.45, 7) is 7.93. The molecular formula is C34H53N3O5. The second kappa shape index (κ2) is 15.0. The molecule has 1 aromatic rings. The Morgan fingerprint density at radius 2 is 1.93 bits per heavy atom. The number of ketones is 1. The maximum absolute atomic E-state index is 13.1. The molecule has 234 valence electrons. The minimum absolute atomic E-state index is 0.0388. The number of rotatable bonds is 11. The molecule has 4 aliphatic rings. The Hall–Kier alpha value is -2.13. The van der Waals surface area contributed by atoms with E-state index >= 15 is 0 Å². The van der Waals surface area contributed by atoms with Crippen molar-refractivity contribution >= 4 is 18.0 Å². The number of benzene rings is 1. The van der Waals surface area contributed by atoms with Crippen molar-refractivity contribution < 1.29 is 23.9 Å². The van der Waals surface area contributed by atoms with Crippen LogP contribution in [0.1, 0.15) is 99.9 Å². The molecule has 2 aliphatic carbocycles. The Bertz CT molecular complexity index is 1050. The number of methoxy groups -OCH3 is 1. The van der Waals surface area contributed by atoms with Gasteiger partial charge in [-0.3, -0.25) is 9.59 Å². The highest BCUT2D eigenvalue weighted by Crippen LogP contribution is 2.48. The van der Waals surface area contributed by atoms with Crippen LogP contribution in [0.4, 0.5) is 0 Å². The molecule has 2 bridgehead atoms. The van der Waals surface area contributed by atoms with Gasteiger partial charge in [-0.05, 0) is 81.6 Å². The number of hydrogen-bond acceptors (Lipinski definition) is 7. The summed E-state index contributed by atoms with van der Waals surface area (Å²) in [5, 5.41) is 6.21. The number of aldehydes is 1. The molecule has 2 aliphatic heterocycles. The molecule has 8 nitrogen and oxygen atoms in total. The first-order valence-corrected chi connectivity index (χ1v) is 16.2. The molecule has 2 saturated heterocycles. The lowest BCUT2D eigenvalue weighted by molar-refractivity contribution is -0.125. The van der Waals surface area contributed by atoms with E-state index in [1.54, 1.807) is 7.11 Å². The van der Waals surface area contributed by atoms with Gasteiger partial charge in [-0.1, -0.05) is 45.2 Å². The summed E-state index contributed by atoms with van der Waals surface area (Å²) in [5.41, 5.74) is 1.81. The second-order valence-electron chi connectivity index (χ2n) is 13.5. The Labute approximate surface area is 252 Å². The van der Waals surface area contributed by atoms with Crippen LogP contribution in [0.15, 0.2) is 24.3 Å². The molecule has 1 aromatic carbocycles. The van der Waals surface area contributed by atoms with Crippen LogP contribution in [0.5, 0.6) is 0 Å². The van der Waals surface area contributed by atoms with E-state index in [-0.39, 0.29) is 40.8 Å². The van der Waals surface area contributed by atoms with Crippen molar-refractivity contribution in [3.63, 3.8) is 0 Å². The summed E-state index contributed by atoms with van der Waals surface area (Å²) in [5.74, 6) is 0.776. The average Bonchev–Trinajstić information content (AvgIpc) is 3.57. The zero-order valence-corrected chi connectivity index (χ0v) is 26.3. The van der Waals surface area contributed by atoms with Gasteiger partial charge in [-0.15, -0.1) is 0 Å². The molecule has 8 heteroatoms. The number of piperidine rings is 1. The zero-order valence-electron chi connectivity index (χ0n) is 26.3. The van der Waals surface area contributed by atoms with E-state index in [1.165, 1.54) is 24.8 Å². The molecule has 5 rings (SSSR count). The van der Waals surface area contributed by atoms with Gasteiger partial charge in [0, 0.05) is 38.1 Å². The standard InChI is InChI=1S/C24H36N2O2.C10H17NO3/c1-17(2)23(27)22(18-9-5-4-6-10-18)25-24(28)20-12-7-11-19(15-20)21-13-8-14-26(3)16-21;1-13-10-3-2-9(6-10,14-8-10)7-11-4-5-12/h7,11-12,15,17-18,21-22H,4-6,8-10,13-14,16H2,1-3H3,(H,25,28);5,11H,2-4,6-8H2,1H3. The SMILES string of the molecule is CC(C)C(=O)C(NC(=O)c1cccc(C2CCCN(C)C2)c1)C1CCCCC1.COC12CCC(CNCC=O)(C1)OC2. The Morgan fingerprint density at radius 1 is 1.14 bits per heavy atom. The fourth-order valence-electron chi connectivity index (χ4n) is 7.39. The van der Waals surface area contributed by atoms with E-state index < -0.39 is 0 Å². The normalized spacial score (nSPS) is 28.6. The Morgan fingerprint density at radius 3 is 2.55 bits per heavy atom. The van der Waals surface area contributed by atoms with Crippen molar-refractivity contribution in [3.8, 4) is 0 Å². The Balaban J connectivity index is 0.000000241. The number of Topliss-reactive ketones (excluding diaryl/α,β-unsaturated/α-hetero) is 1. The van der Waals surface area contributed by atoms with E-state index in [9.17, 15) is 14.4 Å². The molecule has 2 saturated carbocycles. The molecule has 42 heavy (non-hydrogen) atoms. The average molecular weight is 584 g/mol. The van der Waals surface area contributed by atoms with Crippen molar-refractivity contribution in [3.05, 3.63) is 35.4 Å². The van der Waals surface area contributed by atoms with Crippen molar-refractivity contribution in [1.82, 2.24) is 15.5 Å². The van der Waals surface area contributed by atoms with Gasteiger partial charge in [0.05, 0.1) is 30.4 Å². The number of nitrogens with zero attached hydrogens (tertiary/aromatic N) is 1. The van der Waals surface area contributed by atoms with Crippen molar-refractivity contribution in [2.45, 2.75) is 101 Å². The van der Waals surface area contributed by atoms with Crippen LogP contribution in [0.25, 0.3) is 0 Å². The van der Waals surface area contributed by atoms with Crippen LogP contribution in [-0.4, -0.2) is 87.1 Å². The molecule has 4 atom stereocenters. The third-order valence-electron chi connectivity index (χ3n) is 9.96. The fourth-order valence-corrected chi connectivity index (χ4v) is 7.39. The molecular weight excluding hydrogens is 530 g/mol. The maximum atomic E-state index is 13.1. The van der Waals surface area contributed by atoms with Crippen LogP contribution < -0.4 is 10.6 Å². The van der Waals surface area contributed by atoms with E-state index in [0.717, 1.165) is 70.9 Å². The largest absolute Gasteiger partial charge is 0.376 e. The van der Waals surface area contributed by atoms with Crippen LogP contribution in [0.2, 0.25) is 0 Å². The van der Waals surface area contributed by atoms with Crippen LogP contribution >= 0.6 is 0 Å². The van der Waals surface area contributed by atoms with E-state index in [2.05, 4.69) is 28.6 Å². The molecule has 4 fully saturated rings. The van der Waals surface area contributed by atoms with Gasteiger partial charge in [0.2, 0.25) is 0 Å².